The lowest BCUT2D eigenvalue weighted by Crippen LogP contribution is -2.38. The van der Waals surface area contributed by atoms with Gasteiger partial charge >= 0.3 is 0 Å². The normalized spacial score (nSPS) is 23.0. The third kappa shape index (κ3) is 2.84. The Labute approximate surface area is 107 Å². The first kappa shape index (κ1) is 12.5. The molecule has 3 nitrogen and oxygen atoms in total. The van der Waals surface area contributed by atoms with Gasteiger partial charge in [-0.1, -0.05) is 6.07 Å². The number of carbonyl (C=O) groups is 1. The van der Waals surface area contributed by atoms with Crippen molar-refractivity contribution in [1.82, 2.24) is 5.32 Å². The molecule has 1 aromatic rings. The summed E-state index contributed by atoms with van der Waals surface area (Å²) < 4.78 is 13.9. The first-order valence-corrected chi connectivity index (χ1v) is 6.27. The second kappa shape index (κ2) is 5.14. The Morgan fingerprint density at radius 2 is 2.24 bits per heavy atom. The van der Waals surface area contributed by atoms with Crippen LogP contribution < -0.4 is 5.32 Å². The summed E-state index contributed by atoms with van der Waals surface area (Å²) in [6.45, 7) is 0.483. The number of rotatable bonds is 3. The van der Waals surface area contributed by atoms with E-state index in [1.54, 1.807) is 12.1 Å². The highest BCUT2D eigenvalue weighted by Gasteiger charge is 2.27. The fraction of sp³-hybridized carbons (Fsp3) is 0.417. The van der Waals surface area contributed by atoms with E-state index in [0.29, 0.717) is 29.8 Å². The van der Waals surface area contributed by atoms with Crippen molar-refractivity contribution in [2.45, 2.75) is 18.9 Å². The van der Waals surface area contributed by atoms with E-state index in [9.17, 15) is 9.18 Å². The van der Waals surface area contributed by atoms with Crippen molar-refractivity contribution >= 4 is 21.8 Å². The first-order chi connectivity index (χ1) is 8.08. The van der Waals surface area contributed by atoms with Gasteiger partial charge in [-0.05, 0) is 46.8 Å². The largest absolute Gasteiger partial charge is 0.393 e. The van der Waals surface area contributed by atoms with Gasteiger partial charge in [-0.3, -0.25) is 4.79 Å². The van der Waals surface area contributed by atoms with Gasteiger partial charge in [0.15, 0.2) is 0 Å². The molecule has 1 fully saturated rings. The average Bonchev–Trinajstić information content (AvgIpc) is 2.22. The SMILES string of the molecule is O=C(NCC1CC(O)C1)c1c(F)cccc1Br. The van der Waals surface area contributed by atoms with E-state index < -0.39 is 11.7 Å². The first-order valence-electron chi connectivity index (χ1n) is 5.48. The van der Waals surface area contributed by atoms with Crippen molar-refractivity contribution in [1.29, 1.82) is 0 Å². The van der Waals surface area contributed by atoms with E-state index in [2.05, 4.69) is 21.2 Å². The Hall–Kier alpha value is -0.940. The summed E-state index contributed by atoms with van der Waals surface area (Å²) in [5.74, 6) is -0.651. The zero-order valence-electron chi connectivity index (χ0n) is 9.12. The molecule has 0 unspecified atom stereocenters. The Morgan fingerprint density at radius 3 is 2.82 bits per heavy atom. The number of amides is 1. The molecule has 1 aliphatic carbocycles. The van der Waals surface area contributed by atoms with Gasteiger partial charge in [-0.25, -0.2) is 4.39 Å². The summed E-state index contributed by atoms with van der Waals surface area (Å²) in [7, 11) is 0. The van der Waals surface area contributed by atoms with Crippen LogP contribution in [-0.2, 0) is 0 Å². The summed E-state index contributed by atoms with van der Waals surface area (Å²) in [6.07, 6.45) is 1.18. The molecular weight excluding hydrogens is 289 g/mol. The van der Waals surface area contributed by atoms with Crippen molar-refractivity contribution in [3.8, 4) is 0 Å². The maximum Gasteiger partial charge on any atom is 0.255 e. The van der Waals surface area contributed by atoms with Crippen LogP contribution in [0, 0.1) is 11.7 Å². The minimum absolute atomic E-state index is 0.0346. The van der Waals surface area contributed by atoms with Crippen LogP contribution in [0.1, 0.15) is 23.2 Å². The van der Waals surface area contributed by atoms with Gasteiger partial charge < -0.3 is 10.4 Å². The van der Waals surface area contributed by atoms with Crippen LogP contribution in [0.5, 0.6) is 0 Å². The molecule has 2 N–H and O–H groups in total. The number of aliphatic hydroxyl groups excluding tert-OH is 1. The fourth-order valence-corrected chi connectivity index (χ4v) is 2.43. The summed E-state index contributed by atoms with van der Waals surface area (Å²) in [4.78, 5) is 11.8. The zero-order valence-corrected chi connectivity index (χ0v) is 10.7. The van der Waals surface area contributed by atoms with Crippen LogP contribution in [0.25, 0.3) is 0 Å². The number of halogens is 2. The Morgan fingerprint density at radius 1 is 1.53 bits per heavy atom. The van der Waals surface area contributed by atoms with E-state index in [4.69, 9.17) is 5.11 Å². The monoisotopic (exact) mass is 301 g/mol. The highest BCUT2D eigenvalue weighted by atomic mass is 79.9. The Bertz CT molecular complexity index is 412. The van der Waals surface area contributed by atoms with Gasteiger partial charge in [-0.2, -0.15) is 0 Å². The molecule has 2 rings (SSSR count). The molecule has 0 atom stereocenters. The molecule has 0 aromatic heterocycles. The van der Waals surface area contributed by atoms with Crippen molar-refractivity contribution < 1.29 is 14.3 Å². The second-order valence-corrected chi connectivity index (χ2v) is 5.15. The molecule has 1 saturated carbocycles. The van der Waals surface area contributed by atoms with Crippen LogP contribution in [0.3, 0.4) is 0 Å². The quantitative estimate of drug-likeness (QED) is 0.898. The van der Waals surface area contributed by atoms with Crippen LogP contribution in [0.2, 0.25) is 0 Å². The number of hydrogen-bond acceptors (Lipinski definition) is 2. The highest BCUT2D eigenvalue weighted by molar-refractivity contribution is 9.10. The minimum atomic E-state index is -0.537. The number of benzene rings is 1. The predicted octanol–water partition coefficient (Wildman–Crippen LogP) is 2.09. The molecule has 92 valence electrons. The van der Waals surface area contributed by atoms with Gasteiger partial charge in [0.25, 0.3) is 5.91 Å². The molecule has 0 heterocycles. The lowest BCUT2D eigenvalue weighted by atomic mass is 9.82. The third-order valence-electron chi connectivity index (χ3n) is 2.95. The molecule has 0 aliphatic heterocycles. The molecule has 5 heteroatoms. The molecule has 1 amide bonds. The molecule has 1 aromatic carbocycles. The molecule has 0 spiro atoms. The van der Waals surface area contributed by atoms with E-state index in [1.807, 2.05) is 0 Å². The van der Waals surface area contributed by atoms with Crippen LogP contribution in [0.15, 0.2) is 22.7 Å². The van der Waals surface area contributed by atoms with Gasteiger partial charge in [0.05, 0.1) is 11.7 Å². The van der Waals surface area contributed by atoms with Crippen molar-refractivity contribution in [3.05, 3.63) is 34.1 Å². The fourth-order valence-electron chi connectivity index (χ4n) is 1.91. The average molecular weight is 302 g/mol. The van der Waals surface area contributed by atoms with Crippen molar-refractivity contribution in [2.24, 2.45) is 5.92 Å². The standard InChI is InChI=1S/C12H13BrFNO2/c13-9-2-1-3-10(14)11(9)12(17)15-6-7-4-8(16)5-7/h1-3,7-8,16H,4-6H2,(H,15,17). The summed E-state index contributed by atoms with van der Waals surface area (Å²) >= 11 is 3.15. The number of aliphatic hydroxyl groups is 1. The molecule has 0 bridgehead atoms. The van der Waals surface area contributed by atoms with E-state index in [-0.39, 0.29) is 11.7 Å². The Balaban J connectivity index is 1.95. The van der Waals surface area contributed by atoms with E-state index in [1.165, 1.54) is 6.07 Å². The summed E-state index contributed by atoms with van der Waals surface area (Å²) in [5, 5.41) is 11.8. The number of nitrogens with one attached hydrogen (secondary N) is 1. The maximum atomic E-state index is 13.5. The van der Waals surface area contributed by atoms with Gasteiger partial charge in [0.2, 0.25) is 0 Å². The van der Waals surface area contributed by atoms with Gasteiger partial charge in [-0.15, -0.1) is 0 Å². The zero-order chi connectivity index (χ0) is 12.4. The van der Waals surface area contributed by atoms with Gasteiger partial charge in [0, 0.05) is 11.0 Å². The second-order valence-electron chi connectivity index (χ2n) is 4.30. The Kier molecular flexibility index (Phi) is 3.79. The van der Waals surface area contributed by atoms with E-state index in [0.717, 1.165) is 0 Å². The molecule has 1 aliphatic rings. The van der Waals surface area contributed by atoms with Gasteiger partial charge in [0.1, 0.15) is 5.82 Å². The van der Waals surface area contributed by atoms with Crippen LogP contribution in [-0.4, -0.2) is 23.7 Å². The van der Waals surface area contributed by atoms with Crippen LogP contribution >= 0.6 is 15.9 Å². The van der Waals surface area contributed by atoms with Crippen molar-refractivity contribution in [2.75, 3.05) is 6.54 Å². The molecule has 0 radical (unpaired) electrons. The van der Waals surface area contributed by atoms with Crippen molar-refractivity contribution in [3.63, 3.8) is 0 Å². The number of carbonyl (C=O) groups excluding carboxylic acids is 1. The molecular formula is C12H13BrFNO2. The summed E-state index contributed by atoms with van der Waals surface area (Å²) in [5.41, 5.74) is 0.0346. The predicted molar refractivity (Wildman–Crippen MR) is 65.2 cm³/mol. The van der Waals surface area contributed by atoms with Crippen LogP contribution in [0.4, 0.5) is 4.39 Å². The minimum Gasteiger partial charge on any atom is -0.393 e. The molecule has 17 heavy (non-hydrogen) atoms. The molecule has 0 saturated heterocycles. The maximum absolute atomic E-state index is 13.5. The highest BCUT2D eigenvalue weighted by Crippen LogP contribution is 2.26. The smallest absolute Gasteiger partial charge is 0.255 e. The lowest BCUT2D eigenvalue weighted by Gasteiger charge is -2.31. The third-order valence-corrected chi connectivity index (χ3v) is 3.61. The number of hydrogen-bond donors (Lipinski definition) is 2. The van der Waals surface area contributed by atoms with E-state index >= 15 is 0 Å². The summed E-state index contributed by atoms with van der Waals surface area (Å²) in [6, 6.07) is 4.43. The topological polar surface area (TPSA) is 49.3 Å². The lowest BCUT2D eigenvalue weighted by molar-refractivity contribution is 0.0419.